The summed E-state index contributed by atoms with van der Waals surface area (Å²) in [6, 6.07) is 1.41. The number of aliphatic hydroxyl groups excluding tert-OH is 1. The third-order valence-electron chi connectivity index (χ3n) is 3.75. The summed E-state index contributed by atoms with van der Waals surface area (Å²) in [6.07, 6.45) is -4.19. The smallest absolute Gasteiger partial charge is 0.351 e. The summed E-state index contributed by atoms with van der Waals surface area (Å²) in [6.45, 7) is -1.02. The highest BCUT2D eigenvalue weighted by Gasteiger charge is 2.46. The normalized spacial score (nSPS) is 29.6. The molecule has 3 N–H and O–H groups in total. The number of aliphatic hydroxyl groups is 1. The molecule has 1 saturated heterocycles. The van der Waals surface area contributed by atoms with E-state index in [-0.39, 0.29) is 5.82 Å². The van der Waals surface area contributed by atoms with Gasteiger partial charge in [-0.25, -0.2) is 13.4 Å². The highest BCUT2D eigenvalue weighted by molar-refractivity contribution is 7.65. The predicted octanol–water partition coefficient (Wildman–Crippen LogP) is -2.99. The molecule has 0 bridgehead atoms. The van der Waals surface area contributed by atoms with Gasteiger partial charge < -0.3 is 44.0 Å². The molecule has 4 unspecified atom stereocenters. The monoisotopic (exact) mass is 508 g/mol. The van der Waals surface area contributed by atoms with Crippen molar-refractivity contribution in [3.63, 3.8) is 0 Å². The Bertz CT molecular complexity index is 980. The lowest BCUT2D eigenvalue weighted by Gasteiger charge is -2.33. The van der Waals surface area contributed by atoms with Gasteiger partial charge >= 0.3 is 5.69 Å². The van der Waals surface area contributed by atoms with Crippen molar-refractivity contribution in [1.82, 2.24) is 9.55 Å². The third kappa shape index (κ3) is 7.23. The second kappa shape index (κ2) is 9.85. The van der Waals surface area contributed by atoms with Crippen LogP contribution in [0.1, 0.15) is 6.23 Å². The van der Waals surface area contributed by atoms with Gasteiger partial charge in [0.25, 0.3) is 23.5 Å². The minimum absolute atomic E-state index is 0.243. The summed E-state index contributed by atoms with van der Waals surface area (Å²) < 4.78 is 55.6. The summed E-state index contributed by atoms with van der Waals surface area (Å²) in [5, 5.41) is 12.9. The number of phosphoric ester groups is 1. The number of ether oxygens (including phenoxy) is 2. The molecule has 1 aromatic rings. The number of hydrogen-bond donors (Lipinski definition) is 3. The first-order valence-electron chi connectivity index (χ1n) is 8.04. The van der Waals surface area contributed by atoms with Crippen LogP contribution in [0.25, 0.3) is 0 Å². The van der Waals surface area contributed by atoms with E-state index in [2.05, 4.69) is 23.4 Å². The number of anilines is 1. The minimum Gasteiger partial charge on any atom is -0.756 e. The lowest BCUT2D eigenvalue weighted by Crippen LogP contribution is -2.37. The molecule has 0 saturated carbocycles. The van der Waals surface area contributed by atoms with Crippen molar-refractivity contribution in [2.75, 3.05) is 26.1 Å². The average Bonchev–Trinajstić information content (AvgIpc) is 2.92. The highest BCUT2D eigenvalue weighted by Crippen LogP contribution is 2.61. The molecule has 2 rings (SSSR count). The van der Waals surface area contributed by atoms with E-state index in [0.717, 1.165) is 4.57 Å². The molecule has 1 aromatic heterocycles. The van der Waals surface area contributed by atoms with Gasteiger partial charge in [0.15, 0.2) is 6.23 Å². The number of hydrogen-bond acceptors (Lipinski definition) is 15. The van der Waals surface area contributed by atoms with Crippen molar-refractivity contribution < 1.29 is 61.0 Å². The molecule has 0 aromatic carbocycles. The average molecular weight is 508 g/mol. The third-order valence-corrected chi connectivity index (χ3v) is 7.44. The quantitative estimate of drug-likeness (QED) is 0.266. The van der Waals surface area contributed by atoms with E-state index in [4.69, 9.17) is 14.4 Å². The van der Waals surface area contributed by atoms with Crippen molar-refractivity contribution in [1.29, 1.82) is 0 Å². The maximum atomic E-state index is 12.1. The van der Waals surface area contributed by atoms with Crippen molar-refractivity contribution in [2.24, 2.45) is 0 Å². The Morgan fingerprint density at radius 2 is 1.90 bits per heavy atom. The lowest BCUT2D eigenvalue weighted by molar-refractivity contribution is -0.250. The molecule has 31 heavy (non-hydrogen) atoms. The van der Waals surface area contributed by atoms with E-state index in [1.807, 2.05) is 0 Å². The van der Waals surface area contributed by atoms with Crippen LogP contribution in [0.3, 0.4) is 0 Å². The Morgan fingerprint density at radius 3 is 2.42 bits per heavy atom. The summed E-state index contributed by atoms with van der Waals surface area (Å²) in [4.78, 5) is 57.4. The number of nitrogens with zero attached hydrogens (tertiary/aromatic N) is 2. The van der Waals surface area contributed by atoms with Gasteiger partial charge in [0.1, 0.15) is 24.1 Å². The van der Waals surface area contributed by atoms with Gasteiger partial charge in [0, 0.05) is 20.4 Å². The van der Waals surface area contributed by atoms with E-state index >= 15 is 0 Å². The van der Waals surface area contributed by atoms with Crippen LogP contribution in [-0.4, -0.2) is 58.6 Å². The molecule has 2 heterocycles. The standard InChI is InChI=1S/C11H20N3O14P3/c1-12-7-3-4-14(11(16)13-7)10-9(24-2)8(15)6(26-10)5-25-30(20,21)28-31(22,23)27-29(17,18)19/h3-4,6,8-10,15H,5H2,1-2H3,(H,20,21)(H,22,23)(H,12,13,16)(H2,17,18,19)/p-3/t6-,8?,9+,10-/m1/s1. The first-order chi connectivity index (χ1) is 14.2. The van der Waals surface area contributed by atoms with E-state index < -0.39 is 60.3 Å². The van der Waals surface area contributed by atoms with Crippen molar-refractivity contribution in [3.05, 3.63) is 22.7 Å². The van der Waals surface area contributed by atoms with Crippen LogP contribution in [0.4, 0.5) is 5.82 Å². The van der Waals surface area contributed by atoms with Gasteiger partial charge in [-0.3, -0.25) is 18.3 Å². The molecule has 0 spiro atoms. The summed E-state index contributed by atoms with van der Waals surface area (Å²) in [7, 11) is -15.0. The van der Waals surface area contributed by atoms with Gasteiger partial charge in [0.05, 0.1) is 6.61 Å². The van der Waals surface area contributed by atoms with Crippen molar-refractivity contribution >= 4 is 29.3 Å². The Kier molecular flexibility index (Phi) is 8.33. The topological polar surface area (TPSA) is 254 Å². The number of nitrogens with one attached hydrogen (secondary N) is 1. The van der Waals surface area contributed by atoms with Crippen LogP contribution in [0.15, 0.2) is 17.1 Å². The SMILES string of the molecule is CNc1ccn([C@@H]2O[C@H](COP(=O)([O-])OP(=O)([O-])OP(=O)([O-])O)C(O)[C@@H]2OC)c(=O)n1. The fourth-order valence-electron chi connectivity index (χ4n) is 2.53. The first-order valence-corrected chi connectivity index (χ1v) is 12.5. The lowest BCUT2D eigenvalue weighted by atomic mass is 10.1. The van der Waals surface area contributed by atoms with Crippen molar-refractivity contribution in [3.8, 4) is 0 Å². The molecular formula is C11H17N3O14P3-3. The Labute approximate surface area is 174 Å². The van der Waals surface area contributed by atoms with Crippen LogP contribution in [0.5, 0.6) is 0 Å². The number of rotatable bonds is 10. The molecule has 1 aliphatic heterocycles. The van der Waals surface area contributed by atoms with Gasteiger partial charge in [0.2, 0.25) is 0 Å². The molecule has 0 radical (unpaired) electrons. The Hall–Kier alpha value is -1.03. The van der Waals surface area contributed by atoms with Crippen LogP contribution in [0, 0.1) is 0 Å². The molecule has 20 heteroatoms. The second-order valence-corrected chi connectivity index (χ2v) is 10.1. The first kappa shape index (κ1) is 26.2. The van der Waals surface area contributed by atoms with Gasteiger partial charge in [-0.2, -0.15) is 4.98 Å². The highest BCUT2D eigenvalue weighted by atomic mass is 31.3. The van der Waals surface area contributed by atoms with Gasteiger partial charge in [-0.15, -0.1) is 0 Å². The summed E-state index contributed by atoms with van der Waals surface area (Å²) in [5.41, 5.74) is -0.791. The zero-order valence-electron chi connectivity index (χ0n) is 15.7. The maximum absolute atomic E-state index is 12.1. The van der Waals surface area contributed by atoms with Crippen LogP contribution >= 0.6 is 23.5 Å². The minimum atomic E-state index is -6.07. The van der Waals surface area contributed by atoms with E-state index in [9.17, 15) is 38.3 Å². The number of phosphoric acid groups is 3. The van der Waals surface area contributed by atoms with Crippen LogP contribution < -0.4 is 25.7 Å². The second-order valence-electron chi connectivity index (χ2n) is 5.83. The largest absolute Gasteiger partial charge is 0.756 e. The van der Waals surface area contributed by atoms with E-state index in [1.54, 1.807) is 0 Å². The summed E-state index contributed by atoms with van der Waals surface area (Å²) in [5.74, 6) is 0.243. The molecular weight excluding hydrogens is 491 g/mol. The Balaban J connectivity index is 2.10. The number of methoxy groups -OCH3 is 1. The fourth-order valence-corrected chi connectivity index (χ4v) is 5.43. The van der Waals surface area contributed by atoms with Gasteiger partial charge in [-0.1, -0.05) is 0 Å². The van der Waals surface area contributed by atoms with E-state index in [1.165, 1.54) is 26.4 Å². The molecule has 0 aliphatic carbocycles. The zero-order chi connectivity index (χ0) is 23.6. The fraction of sp³-hybridized carbons (Fsp3) is 0.636. The maximum Gasteiger partial charge on any atom is 0.351 e. The number of aromatic nitrogens is 2. The van der Waals surface area contributed by atoms with Crippen LogP contribution in [0.2, 0.25) is 0 Å². The molecule has 0 amide bonds. The predicted molar refractivity (Wildman–Crippen MR) is 91.9 cm³/mol. The van der Waals surface area contributed by atoms with Gasteiger partial charge in [-0.05, 0) is 6.07 Å². The van der Waals surface area contributed by atoms with Crippen molar-refractivity contribution in [2.45, 2.75) is 24.5 Å². The van der Waals surface area contributed by atoms with E-state index in [0.29, 0.717) is 0 Å². The molecule has 17 nitrogen and oxygen atoms in total. The molecule has 178 valence electrons. The molecule has 1 aliphatic rings. The zero-order valence-corrected chi connectivity index (χ0v) is 18.4. The summed E-state index contributed by atoms with van der Waals surface area (Å²) >= 11 is 0. The molecule has 7 atom stereocenters. The molecule has 1 fully saturated rings. The Morgan fingerprint density at radius 1 is 1.26 bits per heavy atom. The van der Waals surface area contributed by atoms with Crippen LogP contribution in [-0.2, 0) is 36.3 Å².